The van der Waals surface area contributed by atoms with Gasteiger partial charge in [0, 0.05) is 49.6 Å². The molecule has 4 aliphatic rings. The van der Waals surface area contributed by atoms with Crippen molar-refractivity contribution in [3.05, 3.63) is 125 Å². The number of benzene rings is 3. The summed E-state index contributed by atoms with van der Waals surface area (Å²) in [4.78, 5) is 77.3. The van der Waals surface area contributed by atoms with E-state index < -0.39 is 35.9 Å². The Labute approximate surface area is 382 Å². The van der Waals surface area contributed by atoms with Gasteiger partial charge in [0.2, 0.25) is 11.8 Å². The van der Waals surface area contributed by atoms with Crippen LogP contribution >= 0.6 is 0 Å². The number of piperidine rings is 1. The van der Waals surface area contributed by atoms with Gasteiger partial charge in [0.25, 0.3) is 5.91 Å². The molecule has 4 amide bonds. The molecule has 9 rings (SSSR count). The van der Waals surface area contributed by atoms with Crippen molar-refractivity contribution in [1.82, 2.24) is 45.3 Å². The Morgan fingerprint density at radius 1 is 0.697 bits per heavy atom. The minimum absolute atomic E-state index is 0.0721. The Morgan fingerprint density at radius 3 is 1.80 bits per heavy atom. The molecule has 0 spiro atoms. The Kier molecular flexibility index (Phi) is 13.1. The van der Waals surface area contributed by atoms with Gasteiger partial charge in [-0.25, -0.2) is 23.5 Å². The van der Waals surface area contributed by atoms with E-state index in [1.165, 1.54) is 25.4 Å². The van der Waals surface area contributed by atoms with Crippen molar-refractivity contribution in [1.29, 1.82) is 0 Å². The quantitative estimate of drug-likeness (QED) is 0.105. The fourth-order valence-corrected chi connectivity index (χ4v) is 10.3. The molecule has 6 heterocycles. The number of halogens is 2. The van der Waals surface area contributed by atoms with Crippen LogP contribution in [-0.4, -0.2) is 111 Å². The van der Waals surface area contributed by atoms with Gasteiger partial charge in [-0.3, -0.25) is 19.3 Å². The van der Waals surface area contributed by atoms with Crippen LogP contribution in [0.1, 0.15) is 110 Å². The molecule has 0 radical (unpaired) electrons. The number of aromatic nitrogens is 4. The molecule has 3 aromatic carbocycles. The van der Waals surface area contributed by atoms with Gasteiger partial charge in [0.15, 0.2) is 0 Å². The van der Waals surface area contributed by atoms with Gasteiger partial charge in [-0.05, 0) is 88.2 Å². The predicted octanol–water partition coefficient (Wildman–Crippen LogP) is 6.84. The van der Waals surface area contributed by atoms with E-state index in [-0.39, 0.29) is 47.0 Å². The first-order valence-corrected chi connectivity index (χ1v) is 23.0. The molecule has 15 nitrogen and oxygen atoms in total. The molecular formula is C49H56F2N10O5. The average molecular weight is 903 g/mol. The minimum Gasteiger partial charge on any atom is -0.453 e. The number of carbonyl (C=O) groups is 4. The molecule has 4 N–H and O–H groups in total. The first kappa shape index (κ1) is 44.6. The minimum atomic E-state index is -0.976. The first-order valence-electron chi connectivity index (χ1n) is 23.0. The van der Waals surface area contributed by atoms with Gasteiger partial charge < -0.3 is 40.0 Å². The molecule has 4 saturated heterocycles. The fourth-order valence-electron chi connectivity index (χ4n) is 10.3. The maximum Gasteiger partial charge on any atom is 0.407 e. The third-order valence-corrected chi connectivity index (χ3v) is 13.8. The number of H-pyrrole nitrogens is 2. The lowest BCUT2D eigenvalue weighted by Gasteiger charge is -2.33. The highest BCUT2D eigenvalue weighted by atomic mass is 19.1. The number of nitrogens with one attached hydrogen (secondary N) is 4. The van der Waals surface area contributed by atoms with Crippen molar-refractivity contribution in [2.75, 3.05) is 51.8 Å². The molecule has 5 aromatic rings. The maximum absolute atomic E-state index is 16.0. The monoisotopic (exact) mass is 902 g/mol. The number of methoxy groups -OCH3 is 1. The number of ether oxygens (including phenoxy) is 1. The molecule has 66 heavy (non-hydrogen) atoms. The van der Waals surface area contributed by atoms with Crippen molar-refractivity contribution < 1.29 is 32.7 Å². The summed E-state index contributed by atoms with van der Waals surface area (Å²) in [5.41, 5.74) is 2.88. The molecule has 0 unspecified atom stereocenters. The molecule has 0 saturated carbocycles. The van der Waals surface area contributed by atoms with E-state index in [9.17, 15) is 19.2 Å². The van der Waals surface area contributed by atoms with Gasteiger partial charge in [-0.1, -0.05) is 60.7 Å². The summed E-state index contributed by atoms with van der Waals surface area (Å²) >= 11 is 0. The number of rotatable bonds is 12. The zero-order valence-corrected chi connectivity index (χ0v) is 37.2. The molecule has 346 valence electrons. The molecule has 2 aromatic heterocycles. The molecular weight excluding hydrogens is 847 g/mol. The normalized spacial score (nSPS) is 21.2. The van der Waals surface area contributed by atoms with Crippen LogP contribution in [0.15, 0.2) is 85.2 Å². The smallest absolute Gasteiger partial charge is 0.407 e. The summed E-state index contributed by atoms with van der Waals surface area (Å²) in [6.45, 7) is 2.67. The summed E-state index contributed by atoms with van der Waals surface area (Å²) in [7, 11) is 3.18. The van der Waals surface area contributed by atoms with Gasteiger partial charge in [-0.2, -0.15) is 0 Å². The number of carbonyl (C=O) groups excluding carboxylic acids is 4. The largest absolute Gasteiger partial charge is 0.453 e. The van der Waals surface area contributed by atoms with Crippen LogP contribution in [0.25, 0.3) is 11.3 Å². The molecule has 0 bridgehead atoms. The number of nitrogens with zero attached hydrogens (tertiary/aromatic N) is 6. The highest BCUT2D eigenvalue weighted by Gasteiger charge is 2.40. The Morgan fingerprint density at radius 2 is 1.24 bits per heavy atom. The van der Waals surface area contributed by atoms with Gasteiger partial charge in [0.1, 0.15) is 41.1 Å². The second kappa shape index (κ2) is 19.5. The summed E-state index contributed by atoms with van der Waals surface area (Å²) < 4.78 is 36.8. The number of hydrogen-bond acceptors (Lipinski definition) is 9. The van der Waals surface area contributed by atoms with Crippen LogP contribution in [0.4, 0.5) is 19.3 Å². The Hall–Kier alpha value is -6.62. The number of hydrogen-bond donors (Lipinski definition) is 4. The van der Waals surface area contributed by atoms with E-state index in [0.29, 0.717) is 74.8 Å². The van der Waals surface area contributed by atoms with Crippen LogP contribution in [0.3, 0.4) is 0 Å². The number of anilines is 1. The lowest BCUT2D eigenvalue weighted by molar-refractivity contribution is -0.138. The van der Waals surface area contributed by atoms with E-state index in [1.54, 1.807) is 34.1 Å². The third kappa shape index (κ3) is 9.13. The topological polar surface area (TPSA) is 172 Å². The van der Waals surface area contributed by atoms with Gasteiger partial charge >= 0.3 is 6.09 Å². The summed E-state index contributed by atoms with van der Waals surface area (Å²) in [6.07, 6.45) is 8.42. The second-order valence-corrected chi connectivity index (χ2v) is 17.8. The SMILES string of the molecule is COC(=O)N[C@@H](C(=O)N1CCC[C@H]1c1ncc(-c2cc(F)c(N3CCC(c4cnc([C@@H]5CCCN5C(=O)[C@H](NC(=O)[C@@H]5CCCN5C)c5ccccc5)[nH]4)CC3)c(F)c2)[nH]1)c1ccccc1. The van der Waals surface area contributed by atoms with Crippen molar-refractivity contribution in [3.8, 4) is 11.3 Å². The fraction of sp³-hybridized carbons (Fsp3) is 0.429. The van der Waals surface area contributed by atoms with Crippen LogP contribution in [0.5, 0.6) is 0 Å². The predicted molar refractivity (Wildman–Crippen MR) is 242 cm³/mol. The third-order valence-electron chi connectivity index (χ3n) is 13.8. The molecule has 17 heteroatoms. The molecule has 0 aliphatic carbocycles. The Balaban J connectivity index is 0.840. The molecule has 4 fully saturated rings. The maximum atomic E-state index is 16.0. The van der Waals surface area contributed by atoms with Crippen molar-refractivity contribution in [2.24, 2.45) is 0 Å². The van der Waals surface area contributed by atoms with Crippen LogP contribution < -0.4 is 15.5 Å². The number of likely N-dealkylation sites (tertiary alicyclic amines) is 3. The zero-order chi connectivity index (χ0) is 45.9. The van der Waals surface area contributed by atoms with E-state index in [2.05, 4.69) is 25.6 Å². The summed E-state index contributed by atoms with van der Waals surface area (Å²) in [6, 6.07) is 18.1. The van der Waals surface area contributed by atoms with E-state index in [4.69, 9.17) is 9.72 Å². The van der Waals surface area contributed by atoms with Crippen LogP contribution in [0.2, 0.25) is 0 Å². The molecule has 5 atom stereocenters. The van der Waals surface area contributed by atoms with Gasteiger partial charge in [-0.15, -0.1) is 0 Å². The van der Waals surface area contributed by atoms with Crippen LogP contribution in [0, 0.1) is 11.6 Å². The van der Waals surface area contributed by atoms with Crippen molar-refractivity contribution >= 4 is 29.5 Å². The Bertz CT molecular complexity index is 2510. The number of likely N-dealkylation sites (N-methyl/N-ethyl adjacent to an activating group) is 1. The number of amides is 4. The standard InChI is InChI=1S/C49H56F2N10O5/c1-58-21-9-18-40(58)46(62)56-41(31-12-5-3-6-13-31)47(63)60-22-10-16-38(60)44-52-28-36(54-44)30-19-24-59(25-20-30)43-34(50)26-33(27-35(43)51)37-29-53-45(55-37)39-17-11-23-61(39)48(64)42(57-49(65)66-2)32-14-7-4-8-15-32/h3-8,12-15,26-30,38-42H,9-11,16-25H2,1-2H3,(H,52,54)(H,53,55)(H,56,62)(H,57,65)/t38-,39-,40-,41+,42+/m0/s1. The summed E-state index contributed by atoms with van der Waals surface area (Å²) in [5, 5.41) is 5.74. The van der Waals surface area contributed by atoms with Gasteiger partial charge in [0.05, 0.1) is 37.1 Å². The lowest BCUT2D eigenvalue weighted by atomic mass is 9.93. The van der Waals surface area contributed by atoms with Crippen LogP contribution in [-0.2, 0) is 19.1 Å². The summed E-state index contributed by atoms with van der Waals surface area (Å²) in [5.74, 6) is -0.753. The number of aromatic amines is 2. The van der Waals surface area contributed by atoms with E-state index in [0.717, 1.165) is 43.5 Å². The average Bonchev–Trinajstić information content (AvgIpc) is 4.20. The number of alkyl carbamates (subject to hydrolysis) is 1. The van der Waals surface area contributed by atoms with Crippen molar-refractivity contribution in [2.45, 2.75) is 87.5 Å². The highest BCUT2D eigenvalue weighted by molar-refractivity contribution is 5.91. The first-order chi connectivity index (χ1) is 32.1. The van der Waals surface area contributed by atoms with Crippen molar-refractivity contribution in [3.63, 3.8) is 0 Å². The highest BCUT2D eigenvalue weighted by Crippen LogP contribution is 2.39. The lowest BCUT2D eigenvalue weighted by Crippen LogP contribution is -2.48. The number of imidazole rings is 2. The zero-order valence-electron chi connectivity index (χ0n) is 37.2. The van der Waals surface area contributed by atoms with E-state index >= 15 is 8.78 Å². The molecule has 4 aliphatic heterocycles. The van der Waals surface area contributed by atoms with E-state index in [1.807, 2.05) is 59.4 Å². The second-order valence-electron chi connectivity index (χ2n) is 17.8.